The second-order valence-corrected chi connectivity index (χ2v) is 8.40. The highest BCUT2D eigenvalue weighted by atomic mass is 16.5. The van der Waals surface area contributed by atoms with Crippen LogP contribution >= 0.6 is 0 Å². The van der Waals surface area contributed by atoms with E-state index < -0.39 is 6.04 Å². The van der Waals surface area contributed by atoms with Crippen molar-refractivity contribution in [3.63, 3.8) is 0 Å². The second-order valence-electron chi connectivity index (χ2n) is 8.40. The Morgan fingerprint density at radius 2 is 1.66 bits per heavy atom. The largest absolute Gasteiger partial charge is 0.496 e. The zero-order valence-corrected chi connectivity index (χ0v) is 19.9. The molecule has 180 valence electrons. The Labute approximate surface area is 205 Å². The number of nitrogens with zero attached hydrogens (tertiary/aromatic N) is 1. The third-order valence-electron chi connectivity index (χ3n) is 6.18. The number of nitrogens with one attached hydrogen (secondary N) is 2. The highest BCUT2D eigenvalue weighted by Gasteiger charge is 2.40. The predicted octanol–water partition coefficient (Wildman–Crippen LogP) is 3.78. The van der Waals surface area contributed by atoms with Crippen LogP contribution in [0.2, 0.25) is 0 Å². The number of para-hydroxylation sites is 1. The first-order valence-electron chi connectivity index (χ1n) is 11.7. The lowest BCUT2D eigenvalue weighted by molar-refractivity contribution is -0.129. The summed E-state index contributed by atoms with van der Waals surface area (Å²) < 4.78 is 5.42. The molecule has 4 rings (SSSR count). The minimum atomic E-state index is -0.803. The molecule has 1 heterocycles. The summed E-state index contributed by atoms with van der Waals surface area (Å²) in [6, 6.07) is 23.1. The number of benzene rings is 3. The Morgan fingerprint density at radius 3 is 2.40 bits per heavy atom. The van der Waals surface area contributed by atoms with Crippen molar-refractivity contribution in [2.45, 2.75) is 32.0 Å². The van der Waals surface area contributed by atoms with Gasteiger partial charge in [-0.15, -0.1) is 0 Å². The Kier molecular flexibility index (Phi) is 7.45. The molecule has 0 saturated carbocycles. The van der Waals surface area contributed by atoms with Gasteiger partial charge >= 0.3 is 0 Å². The first-order valence-corrected chi connectivity index (χ1v) is 11.7. The molecule has 7 heteroatoms. The number of methoxy groups -OCH3 is 1. The predicted molar refractivity (Wildman–Crippen MR) is 133 cm³/mol. The van der Waals surface area contributed by atoms with Crippen molar-refractivity contribution in [2.75, 3.05) is 13.7 Å². The lowest BCUT2D eigenvalue weighted by atomic mass is 10.0. The summed E-state index contributed by atoms with van der Waals surface area (Å²) >= 11 is 0. The fraction of sp³-hybridized carbons (Fsp3) is 0.250. The molecule has 2 atom stereocenters. The van der Waals surface area contributed by atoms with Crippen LogP contribution in [-0.4, -0.2) is 36.3 Å². The van der Waals surface area contributed by atoms with E-state index in [1.807, 2.05) is 67.6 Å². The first kappa shape index (κ1) is 24.0. The molecule has 0 spiro atoms. The van der Waals surface area contributed by atoms with Gasteiger partial charge in [0.1, 0.15) is 11.8 Å². The van der Waals surface area contributed by atoms with Crippen molar-refractivity contribution >= 4 is 17.7 Å². The summed E-state index contributed by atoms with van der Waals surface area (Å²) in [6.45, 7) is 2.07. The van der Waals surface area contributed by atoms with Gasteiger partial charge in [0.2, 0.25) is 11.8 Å². The molecule has 7 nitrogen and oxygen atoms in total. The summed E-state index contributed by atoms with van der Waals surface area (Å²) in [5, 5.41) is 5.70. The lowest BCUT2D eigenvalue weighted by Gasteiger charge is -2.25. The van der Waals surface area contributed by atoms with Gasteiger partial charge in [0, 0.05) is 17.7 Å². The maximum absolute atomic E-state index is 13.3. The van der Waals surface area contributed by atoms with Gasteiger partial charge in [-0.1, -0.05) is 73.7 Å². The number of carbonyl (C=O) groups is 3. The van der Waals surface area contributed by atoms with Crippen LogP contribution in [0.25, 0.3) is 0 Å². The zero-order valence-electron chi connectivity index (χ0n) is 19.9. The molecule has 0 fully saturated rings. The maximum atomic E-state index is 13.3. The molecule has 3 aromatic carbocycles. The van der Waals surface area contributed by atoms with Crippen molar-refractivity contribution < 1.29 is 19.1 Å². The molecule has 0 radical (unpaired) electrons. The van der Waals surface area contributed by atoms with E-state index in [-0.39, 0.29) is 30.3 Å². The van der Waals surface area contributed by atoms with Gasteiger partial charge in [-0.2, -0.15) is 0 Å². The van der Waals surface area contributed by atoms with Gasteiger partial charge in [-0.25, -0.2) is 0 Å². The Hall–Kier alpha value is -4.13. The summed E-state index contributed by atoms with van der Waals surface area (Å²) in [5.74, 6) is -0.208. The summed E-state index contributed by atoms with van der Waals surface area (Å²) in [7, 11) is 1.59. The van der Waals surface area contributed by atoms with Crippen LogP contribution in [0.5, 0.6) is 5.75 Å². The number of hydrogen-bond donors (Lipinski definition) is 2. The SMILES string of the molecule is CC[C@H](NC(=O)CNC(=O)[C@H]1c2ccccc2C(=O)N1Cc1ccccc1)c1ccccc1OC. The third-order valence-corrected chi connectivity index (χ3v) is 6.18. The van der Waals surface area contributed by atoms with Crippen LogP contribution in [0, 0.1) is 0 Å². The van der Waals surface area contributed by atoms with Gasteiger partial charge in [0.05, 0.1) is 19.7 Å². The smallest absolute Gasteiger partial charge is 0.255 e. The molecule has 1 aliphatic heterocycles. The average Bonchev–Trinajstić information content (AvgIpc) is 3.17. The number of carbonyl (C=O) groups excluding carboxylic acids is 3. The van der Waals surface area contributed by atoms with Crippen LogP contribution in [0.15, 0.2) is 78.9 Å². The molecule has 0 aliphatic carbocycles. The number of fused-ring (bicyclic) bond motifs is 1. The fourth-order valence-corrected chi connectivity index (χ4v) is 4.46. The van der Waals surface area contributed by atoms with E-state index in [1.54, 1.807) is 30.2 Å². The van der Waals surface area contributed by atoms with Gasteiger partial charge < -0.3 is 20.3 Å². The molecular weight excluding hydrogens is 442 g/mol. The standard InChI is InChI=1S/C28H29N3O4/c1-3-23(22-15-9-10-16-24(22)35-2)30-25(32)17-29-27(33)26-20-13-7-8-14-21(20)28(34)31(26)18-19-11-5-4-6-12-19/h4-16,23,26H,3,17-18H2,1-2H3,(H,29,33)(H,30,32)/t23-,26+/m0/s1. The van der Waals surface area contributed by atoms with E-state index in [0.29, 0.717) is 29.8 Å². The van der Waals surface area contributed by atoms with Crippen molar-refractivity contribution in [3.05, 3.63) is 101 Å². The van der Waals surface area contributed by atoms with Crippen LogP contribution in [0.4, 0.5) is 0 Å². The monoisotopic (exact) mass is 471 g/mol. The summed E-state index contributed by atoms with van der Waals surface area (Å²) in [5.41, 5.74) is 2.95. The maximum Gasteiger partial charge on any atom is 0.255 e. The van der Waals surface area contributed by atoms with Gasteiger partial charge in [-0.3, -0.25) is 14.4 Å². The molecule has 1 aliphatic rings. The minimum Gasteiger partial charge on any atom is -0.496 e. The number of ether oxygens (including phenoxy) is 1. The topological polar surface area (TPSA) is 87.7 Å². The second kappa shape index (κ2) is 10.9. The fourth-order valence-electron chi connectivity index (χ4n) is 4.46. The van der Waals surface area contributed by atoms with Crippen LogP contribution in [0.3, 0.4) is 0 Å². The van der Waals surface area contributed by atoms with Gasteiger partial charge in [-0.05, 0) is 29.7 Å². The molecule has 0 unspecified atom stereocenters. The molecular formula is C28H29N3O4. The van der Waals surface area contributed by atoms with E-state index in [4.69, 9.17) is 4.74 Å². The summed E-state index contributed by atoms with van der Waals surface area (Å²) in [6.07, 6.45) is 0.662. The molecule has 35 heavy (non-hydrogen) atoms. The van der Waals surface area contributed by atoms with Crippen molar-refractivity contribution in [1.82, 2.24) is 15.5 Å². The van der Waals surface area contributed by atoms with Gasteiger partial charge in [0.25, 0.3) is 5.91 Å². The molecule has 2 N–H and O–H groups in total. The Bertz CT molecular complexity index is 1210. The van der Waals surface area contributed by atoms with Crippen LogP contribution in [0.1, 0.15) is 52.5 Å². The Morgan fingerprint density at radius 1 is 0.971 bits per heavy atom. The van der Waals surface area contributed by atoms with Crippen molar-refractivity contribution in [3.8, 4) is 5.75 Å². The van der Waals surface area contributed by atoms with E-state index >= 15 is 0 Å². The number of hydrogen-bond acceptors (Lipinski definition) is 4. The number of rotatable bonds is 9. The molecule has 3 amide bonds. The average molecular weight is 472 g/mol. The molecule has 0 saturated heterocycles. The quantitative estimate of drug-likeness (QED) is 0.497. The Balaban J connectivity index is 1.46. The highest BCUT2D eigenvalue weighted by molar-refractivity contribution is 6.05. The van der Waals surface area contributed by atoms with Crippen LogP contribution in [-0.2, 0) is 16.1 Å². The first-order chi connectivity index (χ1) is 17.0. The van der Waals surface area contributed by atoms with E-state index in [0.717, 1.165) is 11.1 Å². The highest BCUT2D eigenvalue weighted by Crippen LogP contribution is 2.35. The van der Waals surface area contributed by atoms with Crippen molar-refractivity contribution in [1.29, 1.82) is 0 Å². The molecule has 0 bridgehead atoms. The zero-order chi connectivity index (χ0) is 24.8. The molecule has 3 aromatic rings. The van der Waals surface area contributed by atoms with E-state index in [1.165, 1.54) is 0 Å². The minimum absolute atomic E-state index is 0.198. The van der Waals surface area contributed by atoms with Crippen LogP contribution < -0.4 is 15.4 Å². The van der Waals surface area contributed by atoms with Gasteiger partial charge in [0.15, 0.2) is 0 Å². The number of amides is 3. The normalized spacial score (nSPS) is 15.3. The van der Waals surface area contributed by atoms with E-state index in [9.17, 15) is 14.4 Å². The molecule has 0 aromatic heterocycles. The lowest BCUT2D eigenvalue weighted by Crippen LogP contribution is -2.43. The third kappa shape index (κ3) is 5.19. The van der Waals surface area contributed by atoms with E-state index in [2.05, 4.69) is 10.6 Å². The van der Waals surface area contributed by atoms with Crippen molar-refractivity contribution in [2.24, 2.45) is 0 Å². The summed E-state index contributed by atoms with van der Waals surface area (Å²) in [4.78, 5) is 40.7.